The Hall–Kier alpha value is -2.34. The average molecular weight is 416 g/mol. The Balaban J connectivity index is 1.56. The van der Waals surface area contributed by atoms with E-state index in [0.717, 1.165) is 18.4 Å². The molecule has 0 atom stereocenters. The van der Waals surface area contributed by atoms with Crippen LogP contribution in [0, 0.1) is 11.3 Å². The minimum absolute atomic E-state index is 0.197. The van der Waals surface area contributed by atoms with Gasteiger partial charge in [0.25, 0.3) is 0 Å². The molecule has 0 spiro atoms. The molecule has 2 aromatic carbocycles. The Labute approximate surface area is 169 Å². The Kier molecular flexibility index (Phi) is 6.73. The van der Waals surface area contributed by atoms with Crippen LogP contribution in [0.1, 0.15) is 24.0 Å². The van der Waals surface area contributed by atoms with Crippen molar-refractivity contribution in [2.75, 3.05) is 24.2 Å². The SMILES string of the molecule is N#Cc1cccc(CSCC(=O)Nc2cccc(S(=O)(=O)N3CCCC3)c2)c1. The molecular formula is C20H21N3O3S2. The quantitative estimate of drug-likeness (QED) is 0.750. The second-order valence-electron chi connectivity index (χ2n) is 6.49. The summed E-state index contributed by atoms with van der Waals surface area (Å²) in [5, 5.41) is 11.7. The number of benzene rings is 2. The first-order chi connectivity index (χ1) is 13.5. The van der Waals surface area contributed by atoms with Crippen LogP contribution >= 0.6 is 11.8 Å². The molecule has 0 aromatic heterocycles. The lowest BCUT2D eigenvalue weighted by atomic mass is 10.2. The van der Waals surface area contributed by atoms with Crippen LogP contribution in [0.3, 0.4) is 0 Å². The van der Waals surface area contributed by atoms with Gasteiger partial charge >= 0.3 is 0 Å². The first-order valence-electron chi connectivity index (χ1n) is 8.96. The van der Waals surface area contributed by atoms with Gasteiger partial charge in [0, 0.05) is 24.5 Å². The molecule has 146 valence electrons. The maximum absolute atomic E-state index is 12.6. The summed E-state index contributed by atoms with van der Waals surface area (Å²) in [7, 11) is -3.51. The van der Waals surface area contributed by atoms with Crippen LogP contribution in [0.25, 0.3) is 0 Å². The predicted octanol–water partition coefficient (Wildman–Crippen LogP) is 3.21. The zero-order valence-corrected chi connectivity index (χ0v) is 16.9. The molecule has 1 aliphatic heterocycles. The highest BCUT2D eigenvalue weighted by atomic mass is 32.2. The second kappa shape index (κ2) is 9.24. The number of hydrogen-bond acceptors (Lipinski definition) is 5. The summed E-state index contributed by atoms with van der Waals surface area (Å²) in [4.78, 5) is 12.4. The molecule has 1 saturated heterocycles. The van der Waals surface area contributed by atoms with E-state index in [4.69, 9.17) is 5.26 Å². The lowest BCUT2D eigenvalue weighted by molar-refractivity contribution is -0.113. The van der Waals surface area contributed by atoms with E-state index in [2.05, 4.69) is 11.4 Å². The normalized spacial score (nSPS) is 14.5. The Morgan fingerprint density at radius 2 is 1.89 bits per heavy atom. The van der Waals surface area contributed by atoms with Gasteiger partial charge in [0.2, 0.25) is 15.9 Å². The molecule has 0 bridgehead atoms. The lowest BCUT2D eigenvalue weighted by Crippen LogP contribution is -2.28. The molecule has 1 aliphatic rings. The van der Waals surface area contributed by atoms with E-state index in [-0.39, 0.29) is 16.6 Å². The largest absolute Gasteiger partial charge is 0.325 e. The van der Waals surface area contributed by atoms with E-state index in [1.54, 1.807) is 30.3 Å². The molecule has 0 saturated carbocycles. The molecule has 28 heavy (non-hydrogen) atoms. The first-order valence-corrected chi connectivity index (χ1v) is 11.6. The molecule has 2 aromatic rings. The van der Waals surface area contributed by atoms with Crippen molar-refractivity contribution in [2.24, 2.45) is 0 Å². The van der Waals surface area contributed by atoms with Crippen molar-refractivity contribution in [2.45, 2.75) is 23.5 Å². The van der Waals surface area contributed by atoms with Crippen LogP contribution in [0.5, 0.6) is 0 Å². The third kappa shape index (κ3) is 5.13. The van der Waals surface area contributed by atoms with E-state index < -0.39 is 10.0 Å². The van der Waals surface area contributed by atoms with Gasteiger partial charge in [0.05, 0.1) is 22.3 Å². The standard InChI is InChI=1S/C20H21N3O3S2/c21-13-16-5-3-6-17(11-16)14-27-15-20(24)22-18-7-4-8-19(12-18)28(25,26)23-9-1-2-10-23/h3-8,11-12H,1-2,9-10,14-15H2,(H,22,24). The molecule has 8 heteroatoms. The van der Waals surface area contributed by atoms with Gasteiger partial charge in [-0.15, -0.1) is 11.8 Å². The number of carbonyl (C=O) groups excluding carboxylic acids is 1. The van der Waals surface area contributed by atoms with Crippen molar-refractivity contribution in [3.63, 3.8) is 0 Å². The monoisotopic (exact) mass is 415 g/mol. The van der Waals surface area contributed by atoms with Gasteiger partial charge in [0.1, 0.15) is 0 Å². The minimum atomic E-state index is -3.51. The van der Waals surface area contributed by atoms with E-state index in [1.807, 2.05) is 12.1 Å². The fourth-order valence-corrected chi connectivity index (χ4v) is 5.34. The maximum Gasteiger partial charge on any atom is 0.243 e. The summed E-state index contributed by atoms with van der Waals surface area (Å²) in [6.45, 7) is 1.09. The summed E-state index contributed by atoms with van der Waals surface area (Å²) in [6.07, 6.45) is 1.76. The molecule has 3 rings (SSSR count). The van der Waals surface area contributed by atoms with Gasteiger partial charge in [-0.05, 0) is 48.7 Å². The van der Waals surface area contributed by atoms with Gasteiger partial charge in [0.15, 0.2) is 0 Å². The van der Waals surface area contributed by atoms with E-state index >= 15 is 0 Å². The molecule has 0 unspecified atom stereocenters. The van der Waals surface area contributed by atoms with E-state index in [1.165, 1.54) is 22.1 Å². The van der Waals surface area contributed by atoms with Crippen LogP contribution in [-0.2, 0) is 20.6 Å². The van der Waals surface area contributed by atoms with Crippen LogP contribution in [-0.4, -0.2) is 37.5 Å². The fourth-order valence-electron chi connectivity index (χ4n) is 3.00. The number of sulfonamides is 1. The number of hydrogen-bond donors (Lipinski definition) is 1. The third-order valence-corrected chi connectivity index (χ3v) is 7.28. The number of nitrogens with zero attached hydrogens (tertiary/aromatic N) is 2. The molecule has 1 amide bonds. The molecule has 1 N–H and O–H groups in total. The number of thioether (sulfide) groups is 1. The van der Waals surface area contributed by atoms with Gasteiger partial charge < -0.3 is 5.32 Å². The van der Waals surface area contributed by atoms with Gasteiger partial charge in [-0.2, -0.15) is 9.57 Å². The highest BCUT2D eigenvalue weighted by Crippen LogP contribution is 2.23. The number of nitriles is 1. The summed E-state index contributed by atoms with van der Waals surface area (Å²) < 4.78 is 26.8. The van der Waals surface area contributed by atoms with Crippen molar-refractivity contribution in [1.29, 1.82) is 5.26 Å². The van der Waals surface area contributed by atoms with Crippen LogP contribution in [0.4, 0.5) is 5.69 Å². The van der Waals surface area contributed by atoms with Crippen LogP contribution in [0.15, 0.2) is 53.4 Å². The van der Waals surface area contributed by atoms with E-state index in [0.29, 0.717) is 30.1 Å². The van der Waals surface area contributed by atoms with Crippen molar-refractivity contribution < 1.29 is 13.2 Å². The summed E-state index contributed by atoms with van der Waals surface area (Å²) >= 11 is 1.44. The summed E-state index contributed by atoms with van der Waals surface area (Å²) in [5.74, 6) is 0.656. The third-order valence-electron chi connectivity index (χ3n) is 4.38. The fraction of sp³-hybridized carbons (Fsp3) is 0.300. The molecule has 1 heterocycles. The Bertz CT molecular complexity index is 994. The maximum atomic E-state index is 12.6. The number of amides is 1. The number of nitrogens with one attached hydrogen (secondary N) is 1. The lowest BCUT2D eigenvalue weighted by Gasteiger charge is -2.16. The Morgan fingerprint density at radius 1 is 1.14 bits per heavy atom. The average Bonchev–Trinajstić information content (AvgIpc) is 3.24. The smallest absolute Gasteiger partial charge is 0.243 e. The van der Waals surface area contributed by atoms with Gasteiger partial charge in [-0.25, -0.2) is 8.42 Å². The van der Waals surface area contributed by atoms with E-state index in [9.17, 15) is 13.2 Å². The van der Waals surface area contributed by atoms with Crippen molar-refractivity contribution in [3.05, 3.63) is 59.7 Å². The summed E-state index contributed by atoms with van der Waals surface area (Å²) in [5.41, 5.74) is 2.05. The second-order valence-corrected chi connectivity index (χ2v) is 9.42. The van der Waals surface area contributed by atoms with Crippen molar-refractivity contribution in [1.82, 2.24) is 4.31 Å². The zero-order chi connectivity index (χ0) is 20.0. The first kappa shape index (κ1) is 20.4. The molecule has 0 aliphatic carbocycles. The van der Waals surface area contributed by atoms with Crippen LogP contribution < -0.4 is 5.32 Å². The molecule has 0 radical (unpaired) electrons. The van der Waals surface area contributed by atoms with Crippen molar-refractivity contribution >= 4 is 33.4 Å². The number of carbonyl (C=O) groups is 1. The molecule has 6 nitrogen and oxygen atoms in total. The summed E-state index contributed by atoms with van der Waals surface area (Å²) in [6, 6.07) is 15.8. The van der Waals surface area contributed by atoms with Crippen molar-refractivity contribution in [3.8, 4) is 6.07 Å². The molecule has 1 fully saturated rings. The zero-order valence-electron chi connectivity index (χ0n) is 15.3. The minimum Gasteiger partial charge on any atom is -0.325 e. The van der Waals surface area contributed by atoms with Gasteiger partial charge in [-0.3, -0.25) is 4.79 Å². The highest BCUT2D eigenvalue weighted by molar-refractivity contribution is 7.99. The van der Waals surface area contributed by atoms with Gasteiger partial charge in [-0.1, -0.05) is 18.2 Å². The van der Waals surface area contributed by atoms with Crippen LogP contribution in [0.2, 0.25) is 0 Å². The molecular weight excluding hydrogens is 394 g/mol. The topological polar surface area (TPSA) is 90.3 Å². The number of rotatable bonds is 7. The number of anilines is 1. The predicted molar refractivity (Wildman–Crippen MR) is 110 cm³/mol. The Morgan fingerprint density at radius 3 is 2.64 bits per heavy atom. The highest BCUT2D eigenvalue weighted by Gasteiger charge is 2.27.